The molecule has 0 amide bonds. The van der Waals surface area contributed by atoms with E-state index in [4.69, 9.17) is 0 Å². The van der Waals surface area contributed by atoms with Crippen molar-refractivity contribution in [3.05, 3.63) is 6.92 Å². The SMILES string of the molecule is [CH2]C(CCCCCCCCCCCC)C(C)C. The van der Waals surface area contributed by atoms with Gasteiger partial charge >= 0.3 is 0 Å². The zero-order valence-electron chi connectivity index (χ0n) is 12.6. The Bertz CT molecular complexity index is 137. The lowest BCUT2D eigenvalue weighted by atomic mass is 9.92. The Balaban J connectivity index is 3.03. The Morgan fingerprint density at radius 2 is 1.12 bits per heavy atom. The predicted molar refractivity (Wildman–Crippen MR) is 80.1 cm³/mol. The molecule has 0 aromatic rings. The Kier molecular flexibility index (Phi) is 12.5. The van der Waals surface area contributed by atoms with E-state index in [1.54, 1.807) is 0 Å². The van der Waals surface area contributed by atoms with Crippen LogP contribution in [-0.4, -0.2) is 0 Å². The second kappa shape index (κ2) is 12.5. The molecule has 0 nitrogen and oxygen atoms in total. The summed E-state index contributed by atoms with van der Waals surface area (Å²) in [6.45, 7) is 11.1. The van der Waals surface area contributed by atoms with Crippen LogP contribution in [-0.2, 0) is 0 Å². The van der Waals surface area contributed by atoms with Gasteiger partial charge in [0.2, 0.25) is 0 Å². The highest BCUT2D eigenvalue weighted by Gasteiger charge is 2.05. The first-order valence-corrected chi connectivity index (χ1v) is 8.01. The molecule has 17 heavy (non-hydrogen) atoms. The molecule has 0 aromatic carbocycles. The van der Waals surface area contributed by atoms with Crippen molar-refractivity contribution in [3.8, 4) is 0 Å². The van der Waals surface area contributed by atoms with Crippen LogP contribution in [0.15, 0.2) is 0 Å². The molecule has 0 heterocycles. The fraction of sp³-hybridized carbons (Fsp3) is 0.941. The van der Waals surface area contributed by atoms with E-state index < -0.39 is 0 Å². The van der Waals surface area contributed by atoms with Gasteiger partial charge in [-0.1, -0.05) is 91.4 Å². The van der Waals surface area contributed by atoms with Crippen LogP contribution in [0.4, 0.5) is 0 Å². The quantitative estimate of drug-likeness (QED) is 0.345. The number of unbranched alkanes of at least 4 members (excludes halogenated alkanes) is 9. The lowest BCUT2D eigenvalue weighted by Crippen LogP contribution is -2.03. The maximum atomic E-state index is 4.21. The summed E-state index contributed by atoms with van der Waals surface area (Å²) < 4.78 is 0. The lowest BCUT2D eigenvalue weighted by Gasteiger charge is -2.14. The van der Waals surface area contributed by atoms with Gasteiger partial charge < -0.3 is 0 Å². The van der Waals surface area contributed by atoms with Crippen LogP contribution in [0, 0.1) is 18.8 Å². The molecule has 1 atom stereocenters. The molecule has 0 aliphatic carbocycles. The second-order valence-electron chi connectivity index (χ2n) is 5.97. The van der Waals surface area contributed by atoms with E-state index >= 15 is 0 Å². The minimum Gasteiger partial charge on any atom is -0.0654 e. The third-order valence-corrected chi connectivity index (χ3v) is 3.87. The first-order chi connectivity index (χ1) is 8.18. The molecule has 0 aliphatic heterocycles. The van der Waals surface area contributed by atoms with Crippen LogP contribution in [0.25, 0.3) is 0 Å². The fourth-order valence-corrected chi connectivity index (χ4v) is 2.23. The summed E-state index contributed by atoms with van der Waals surface area (Å²) in [6, 6.07) is 0. The van der Waals surface area contributed by atoms with Crippen molar-refractivity contribution < 1.29 is 0 Å². The number of rotatable bonds is 12. The van der Waals surface area contributed by atoms with Crippen molar-refractivity contribution in [2.45, 2.75) is 91.4 Å². The average molecular weight is 239 g/mol. The summed E-state index contributed by atoms with van der Waals surface area (Å²) in [6.07, 6.45) is 15.7. The molecule has 103 valence electrons. The zero-order valence-corrected chi connectivity index (χ0v) is 12.6. The van der Waals surface area contributed by atoms with Gasteiger partial charge in [0.25, 0.3) is 0 Å². The molecule has 0 saturated carbocycles. The summed E-state index contributed by atoms with van der Waals surface area (Å²) in [4.78, 5) is 0. The van der Waals surface area contributed by atoms with Crippen LogP contribution >= 0.6 is 0 Å². The Labute approximate surface area is 111 Å². The molecular weight excluding hydrogens is 204 g/mol. The largest absolute Gasteiger partial charge is 0.0654 e. The topological polar surface area (TPSA) is 0 Å². The van der Waals surface area contributed by atoms with Gasteiger partial charge in [0.05, 0.1) is 0 Å². The molecule has 1 unspecified atom stereocenters. The van der Waals surface area contributed by atoms with Crippen LogP contribution in [0.3, 0.4) is 0 Å². The molecule has 0 heteroatoms. The minimum atomic E-state index is 0.670. The molecule has 0 spiro atoms. The predicted octanol–water partition coefficient (Wildman–Crippen LogP) is 6.40. The standard InChI is InChI=1S/C17H35/c1-5-6-7-8-9-10-11-12-13-14-15-17(4)16(2)3/h16-17H,4-15H2,1-3H3. The van der Waals surface area contributed by atoms with E-state index in [-0.39, 0.29) is 0 Å². The molecule has 0 fully saturated rings. The van der Waals surface area contributed by atoms with Crippen molar-refractivity contribution in [2.24, 2.45) is 11.8 Å². The summed E-state index contributed by atoms with van der Waals surface area (Å²) in [5.41, 5.74) is 0. The molecule has 0 bridgehead atoms. The van der Waals surface area contributed by atoms with E-state index in [2.05, 4.69) is 27.7 Å². The first kappa shape index (κ1) is 17.0. The fourth-order valence-electron chi connectivity index (χ4n) is 2.23. The number of hydrogen-bond donors (Lipinski definition) is 0. The Morgan fingerprint density at radius 1 is 0.706 bits per heavy atom. The highest BCUT2D eigenvalue weighted by molar-refractivity contribution is 4.64. The molecule has 0 saturated heterocycles. The molecular formula is C17H35. The molecule has 0 N–H and O–H groups in total. The average Bonchev–Trinajstić information content (AvgIpc) is 2.31. The van der Waals surface area contributed by atoms with Crippen LogP contribution in [0.5, 0.6) is 0 Å². The third kappa shape index (κ3) is 12.2. The highest BCUT2D eigenvalue weighted by Crippen LogP contribution is 2.18. The van der Waals surface area contributed by atoms with Gasteiger partial charge in [-0.25, -0.2) is 0 Å². The summed E-state index contributed by atoms with van der Waals surface area (Å²) in [5.74, 6) is 1.43. The van der Waals surface area contributed by atoms with E-state index in [1.807, 2.05) is 0 Å². The summed E-state index contributed by atoms with van der Waals surface area (Å²) in [7, 11) is 0. The van der Waals surface area contributed by atoms with Crippen LogP contribution in [0.2, 0.25) is 0 Å². The van der Waals surface area contributed by atoms with Gasteiger partial charge in [-0.15, -0.1) is 0 Å². The molecule has 0 rings (SSSR count). The van der Waals surface area contributed by atoms with E-state index in [9.17, 15) is 0 Å². The molecule has 0 aliphatic rings. The maximum absolute atomic E-state index is 4.21. The van der Waals surface area contributed by atoms with Crippen molar-refractivity contribution in [3.63, 3.8) is 0 Å². The van der Waals surface area contributed by atoms with Gasteiger partial charge in [-0.2, -0.15) is 0 Å². The minimum absolute atomic E-state index is 0.670. The van der Waals surface area contributed by atoms with E-state index in [0.717, 1.165) is 5.92 Å². The first-order valence-electron chi connectivity index (χ1n) is 8.01. The van der Waals surface area contributed by atoms with Crippen molar-refractivity contribution in [1.29, 1.82) is 0 Å². The Hall–Kier alpha value is 0. The van der Waals surface area contributed by atoms with Gasteiger partial charge in [0.1, 0.15) is 0 Å². The van der Waals surface area contributed by atoms with Crippen LogP contribution < -0.4 is 0 Å². The monoisotopic (exact) mass is 239 g/mol. The van der Waals surface area contributed by atoms with Crippen molar-refractivity contribution >= 4 is 0 Å². The van der Waals surface area contributed by atoms with Crippen LogP contribution in [0.1, 0.15) is 91.4 Å². The maximum Gasteiger partial charge on any atom is -0.0391 e. The van der Waals surface area contributed by atoms with Gasteiger partial charge in [0, 0.05) is 0 Å². The van der Waals surface area contributed by atoms with E-state index in [1.165, 1.54) is 70.6 Å². The zero-order chi connectivity index (χ0) is 12.9. The Morgan fingerprint density at radius 3 is 1.53 bits per heavy atom. The van der Waals surface area contributed by atoms with Crippen molar-refractivity contribution in [1.82, 2.24) is 0 Å². The van der Waals surface area contributed by atoms with E-state index in [0.29, 0.717) is 5.92 Å². The summed E-state index contributed by atoms with van der Waals surface area (Å²) in [5, 5.41) is 0. The highest BCUT2D eigenvalue weighted by atomic mass is 14.1. The van der Waals surface area contributed by atoms with Gasteiger partial charge in [-0.05, 0) is 18.8 Å². The van der Waals surface area contributed by atoms with Gasteiger partial charge in [0.15, 0.2) is 0 Å². The number of hydrogen-bond acceptors (Lipinski definition) is 0. The second-order valence-corrected chi connectivity index (χ2v) is 5.97. The molecule has 0 aromatic heterocycles. The van der Waals surface area contributed by atoms with Gasteiger partial charge in [-0.3, -0.25) is 0 Å². The lowest BCUT2D eigenvalue weighted by molar-refractivity contribution is 0.410. The normalized spacial score (nSPS) is 13.2. The van der Waals surface area contributed by atoms with Crippen molar-refractivity contribution in [2.75, 3.05) is 0 Å². The third-order valence-electron chi connectivity index (χ3n) is 3.87. The smallest absolute Gasteiger partial charge is 0.0391 e. The molecule has 1 radical (unpaired) electrons. The summed E-state index contributed by atoms with van der Waals surface area (Å²) >= 11 is 0.